The first kappa shape index (κ1) is 14.7. The molecule has 15 heavy (non-hydrogen) atoms. The molecule has 76 valence electrons. The van der Waals surface area contributed by atoms with Gasteiger partial charge in [-0.05, 0) is 29.6 Å². The Balaban J connectivity index is 0.00000196. The zero-order chi connectivity index (χ0) is 10.9. The molecule has 8 heteroatoms. The van der Waals surface area contributed by atoms with Gasteiger partial charge in [0.15, 0.2) is 0 Å². The summed E-state index contributed by atoms with van der Waals surface area (Å²) in [6.07, 6.45) is 0. The molecular weight excluding hydrogens is 236 g/mol. The van der Waals surface area contributed by atoms with Crippen LogP contribution < -0.4 is 29.6 Å². The maximum absolute atomic E-state index is 12.9. The van der Waals surface area contributed by atoms with Crippen molar-refractivity contribution in [2.24, 2.45) is 0 Å². The number of rotatable bonds is 2. The predicted molar refractivity (Wildman–Crippen MR) is 45.0 cm³/mol. The van der Waals surface area contributed by atoms with Crippen LogP contribution in [0.5, 0.6) is 0 Å². The summed E-state index contributed by atoms with van der Waals surface area (Å²) >= 11 is -2.81. The number of nitro benzene ring substituents is 1. The van der Waals surface area contributed by atoms with Crippen molar-refractivity contribution < 1.29 is 47.6 Å². The van der Waals surface area contributed by atoms with Crippen molar-refractivity contribution in [1.82, 2.24) is 0 Å². The summed E-state index contributed by atoms with van der Waals surface area (Å²) in [6, 6.07) is 1.52. The van der Waals surface area contributed by atoms with E-state index in [0.717, 1.165) is 6.07 Å². The van der Waals surface area contributed by atoms with Gasteiger partial charge in [-0.15, -0.1) is 0 Å². The molecule has 0 spiro atoms. The van der Waals surface area contributed by atoms with Gasteiger partial charge in [-0.1, -0.05) is 0 Å². The second-order valence-corrected chi connectivity index (χ2v) is 3.47. The summed E-state index contributed by atoms with van der Waals surface area (Å²) in [4.78, 5) is 8.90. The van der Waals surface area contributed by atoms with E-state index in [1.54, 1.807) is 0 Å². The fourth-order valence-electron chi connectivity index (χ4n) is 0.924. The number of aryl methyl sites for hydroxylation is 1. The monoisotopic (exact) mass is 241 g/mol. The van der Waals surface area contributed by atoms with Gasteiger partial charge < -0.3 is 4.55 Å². The molecule has 1 rings (SSSR count). The number of hydrogen-bond acceptors (Lipinski definition) is 4. The van der Waals surface area contributed by atoms with Crippen molar-refractivity contribution in [3.8, 4) is 0 Å². The first-order valence-electron chi connectivity index (χ1n) is 3.47. The van der Waals surface area contributed by atoms with Crippen molar-refractivity contribution in [1.29, 1.82) is 0 Å². The van der Waals surface area contributed by atoms with Gasteiger partial charge >= 0.3 is 29.6 Å². The van der Waals surface area contributed by atoms with Crippen LogP contribution in [0.1, 0.15) is 5.56 Å². The molecule has 0 N–H and O–H groups in total. The molecule has 1 atom stereocenters. The van der Waals surface area contributed by atoms with Crippen molar-refractivity contribution in [3.05, 3.63) is 33.6 Å². The Hall–Kier alpha value is -0.340. The Labute approximate surface area is 109 Å². The van der Waals surface area contributed by atoms with Crippen molar-refractivity contribution >= 4 is 16.8 Å². The molecule has 0 radical (unpaired) electrons. The van der Waals surface area contributed by atoms with Crippen LogP contribution in [0.3, 0.4) is 0 Å². The van der Waals surface area contributed by atoms with E-state index in [1.165, 1.54) is 6.92 Å². The Kier molecular flexibility index (Phi) is 5.54. The SMILES string of the molecule is Cc1cc([N+](=O)[O-])c(S(=O)[O-])cc1F.[Na+]. The Bertz CT molecular complexity index is 387. The minimum Gasteiger partial charge on any atom is -0.768 e. The summed E-state index contributed by atoms with van der Waals surface area (Å²) in [6.45, 7) is 1.32. The quantitative estimate of drug-likeness (QED) is 0.267. The van der Waals surface area contributed by atoms with E-state index < -0.39 is 32.4 Å². The van der Waals surface area contributed by atoms with Gasteiger partial charge in [0.1, 0.15) is 10.7 Å². The van der Waals surface area contributed by atoms with Crippen LogP contribution in [-0.4, -0.2) is 13.7 Å². The zero-order valence-corrected chi connectivity index (χ0v) is 10.8. The number of nitro groups is 1. The molecule has 0 aliphatic rings. The summed E-state index contributed by atoms with van der Waals surface area (Å²) < 4.78 is 33.9. The van der Waals surface area contributed by atoms with E-state index >= 15 is 0 Å². The van der Waals surface area contributed by atoms with Crippen molar-refractivity contribution in [3.63, 3.8) is 0 Å². The third kappa shape index (κ3) is 3.32. The molecule has 5 nitrogen and oxygen atoms in total. The molecule has 0 heterocycles. The molecule has 0 aliphatic heterocycles. The Morgan fingerprint density at radius 2 is 2.00 bits per heavy atom. The van der Waals surface area contributed by atoms with Gasteiger partial charge in [-0.2, -0.15) is 0 Å². The van der Waals surface area contributed by atoms with Gasteiger partial charge in [0.2, 0.25) is 0 Å². The zero-order valence-electron chi connectivity index (χ0n) is 8.02. The van der Waals surface area contributed by atoms with Crippen LogP contribution in [0.2, 0.25) is 0 Å². The maximum Gasteiger partial charge on any atom is 1.00 e. The van der Waals surface area contributed by atoms with Gasteiger partial charge in [0.25, 0.3) is 5.69 Å². The van der Waals surface area contributed by atoms with E-state index in [9.17, 15) is 23.3 Å². The predicted octanol–water partition coefficient (Wildman–Crippen LogP) is -1.72. The van der Waals surface area contributed by atoms with Crippen LogP contribution in [0.4, 0.5) is 10.1 Å². The average molecular weight is 241 g/mol. The third-order valence-electron chi connectivity index (χ3n) is 1.62. The molecule has 0 bridgehead atoms. The third-order valence-corrected chi connectivity index (χ3v) is 2.30. The second-order valence-electron chi connectivity index (χ2n) is 2.56. The molecule has 1 aromatic rings. The first-order chi connectivity index (χ1) is 6.43. The topological polar surface area (TPSA) is 83.3 Å². The van der Waals surface area contributed by atoms with Crippen LogP contribution in [0.25, 0.3) is 0 Å². The molecule has 1 aromatic carbocycles. The number of nitrogens with zero attached hydrogens (tertiary/aromatic N) is 1. The number of halogens is 1. The Morgan fingerprint density at radius 3 is 2.40 bits per heavy atom. The van der Waals surface area contributed by atoms with Gasteiger partial charge in [0.05, 0.1) is 4.92 Å². The second kappa shape index (κ2) is 5.66. The van der Waals surface area contributed by atoms with Crippen LogP contribution in [0, 0.1) is 22.9 Å². The Morgan fingerprint density at radius 1 is 1.47 bits per heavy atom. The molecular formula is C7H5FNNaO4S. The largest absolute Gasteiger partial charge is 1.00 e. The van der Waals surface area contributed by atoms with Crippen LogP contribution in [0.15, 0.2) is 17.0 Å². The minimum absolute atomic E-state index is 0. The maximum atomic E-state index is 12.9. The smallest absolute Gasteiger partial charge is 0.768 e. The number of hydrogen-bond donors (Lipinski definition) is 0. The van der Waals surface area contributed by atoms with E-state index in [4.69, 9.17) is 0 Å². The van der Waals surface area contributed by atoms with E-state index in [2.05, 4.69) is 0 Å². The van der Waals surface area contributed by atoms with E-state index in [-0.39, 0.29) is 35.1 Å². The van der Waals surface area contributed by atoms with Crippen LogP contribution >= 0.6 is 0 Å². The van der Waals surface area contributed by atoms with Gasteiger partial charge in [0, 0.05) is 6.07 Å². The molecule has 0 fully saturated rings. The summed E-state index contributed by atoms with van der Waals surface area (Å²) in [5, 5.41) is 10.4. The fourth-order valence-corrected chi connectivity index (χ4v) is 1.43. The standard InChI is InChI=1S/C7H6FNO4S.Na/c1-4-2-6(9(10)11)7(14(12)13)3-5(4)8;/h2-3H,1H3,(H,12,13);/q;+1/p-1. The first-order valence-corrected chi connectivity index (χ1v) is 4.54. The minimum atomic E-state index is -2.81. The normalized spacial score (nSPS) is 11.7. The van der Waals surface area contributed by atoms with E-state index in [1.807, 2.05) is 0 Å². The average Bonchev–Trinajstić information content (AvgIpc) is 2.08. The van der Waals surface area contributed by atoms with Gasteiger partial charge in [-0.3, -0.25) is 14.3 Å². The molecule has 0 saturated carbocycles. The summed E-state index contributed by atoms with van der Waals surface area (Å²) in [5.74, 6) is -0.783. The molecule has 0 aromatic heterocycles. The molecule has 0 saturated heterocycles. The fraction of sp³-hybridized carbons (Fsp3) is 0.143. The number of benzene rings is 1. The molecule has 0 aliphatic carbocycles. The van der Waals surface area contributed by atoms with Crippen molar-refractivity contribution in [2.75, 3.05) is 0 Å². The van der Waals surface area contributed by atoms with Crippen molar-refractivity contribution in [2.45, 2.75) is 11.8 Å². The van der Waals surface area contributed by atoms with E-state index in [0.29, 0.717) is 6.07 Å². The summed E-state index contributed by atoms with van der Waals surface area (Å²) in [7, 11) is 0. The van der Waals surface area contributed by atoms with Gasteiger partial charge in [-0.25, -0.2) is 4.39 Å². The summed E-state index contributed by atoms with van der Waals surface area (Å²) in [5.41, 5.74) is -0.580. The van der Waals surface area contributed by atoms with Crippen LogP contribution in [-0.2, 0) is 11.1 Å². The molecule has 1 unspecified atom stereocenters. The molecule has 0 amide bonds.